The summed E-state index contributed by atoms with van der Waals surface area (Å²) in [7, 11) is 0. The van der Waals surface area contributed by atoms with Gasteiger partial charge < -0.3 is 10.4 Å². The van der Waals surface area contributed by atoms with E-state index < -0.39 is 0 Å². The molecule has 1 aromatic rings. The van der Waals surface area contributed by atoms with Gasteiger partial charge in [-0.2, -0.15) is 0 Å². The van der Waals surface area contributed by atoms with Crippen molar-refractivity contribution in [3.8, 4) is 0 Å². The highest BCUT2D eigenvalue weighted by molar-refractivity contribution is 6.35. The minimum Gasteiger partial charge on any atom is -0.396 e. The molecule has 0 bridgehead atoms. The van der Waals surface area contributed by atoms with E-state index in [-0.39, 0.29) is 18.6 Å². The van der Waals surface area contributed by atoms with E-state index in [0.29, 0.717) is 16.6 Å². The van der Waals surface area contributed by atoms with Crippen LogP contribution < -0.4 is 5.32 Å². The third kappa shape index (κ3) is 3.63. The molecule has 2 nitrogen and oxygen atoms in total. The first-order valence-electron chi connectivity index (χ1n) is 5.33. The first kappa shape index (κ1) is 13.8. The summed E-state index contributed by atoms with van der Waals surface area (Å²) in [5, 5.41) is 13.7. The minimum absolute atomic E-state index is 0.171. The van der Waals surface area contributed by atoms with Gasteiger partial charge in [-0.15, -0.1) is 0 Å². The zero-order valence-corrected chi connectivity index (χ0v) is 11.0. The lowest BCUT2D eigenvalue weighted by Crippen LogP contribution is -2.33. The smallest absolute Gasteiger partial charge is 0.0471 e. The number of aliphatic hydroxyl groups is 1. The molecule has 0 spiro atoms. The maximum absolute atomic E-state index is 9.02. The van der Waals surface area contributed by atoms with Gasteiger partial charge in [0.25, 0.3) is 0 Å². The zero-order valence-electron chi connectivity index (χ0n) is 9.50. The van der Waals surface area contributed by atoms with Gasteiger partial charge in [0.05, 0.1) is 0 Å². The van der Waals surface area contributed by atoms with Gasteiger partial charge in [-0.3, -0.25) is 0 Å². The van der Waals surface area contributed by atoms with Crippen LogP contribution in [-0.4, -0.2) is 17.8 Å². The maximum Gasteiger partial charge on any atom is 0.0471 e. The summed E-state index contributed by atoms with van der Waals surface area (Å²) in [5.74, 6) is 0.210. The Morgan fingerprint density at radius 1 is 1.25 bits per heavy atom. The number of hydrogen-bond acceptors (Lipinski definition) is 2. The molecule has 16 heavy (non-hydrogen) atoms. The Kier molecular flexibility index (Phi) is 5.56. The van der Waals surface area contributed by atoms with Gasteiger partial charge in [-0.05, 0) is 25.0 Å². The van der Waals surface area contributed by atoms with Gasteiger partial charge in [0.2, 0.25) is 0 Å². The lowest BCUT2D eigenvalue weighted by atomic mass is 10.0. The van der Waals surface area contributed by atoms with E-state index in [9.17, 15) is 0 Å². The Labute approximate surface area is 107 Å². The van der Waals surface area contributed by atoms with Crippen LogP contribution in [0.1, 0.15) is 19.4 Å². The van der Waals surface area contributed by atoms with Crippen LogP contribution in [0.2, 0.25) is 10.0 Å². The molecular formula is C12H17Cl2NO. The van der Waals surface area contributed by atoms with Gasteiger partial charge in [0.1, 0.15) is 0 Å². The van der Waals surface area contributed by atoms with E-state index in [1.165, 1.54) is 0 Å². The first-order valence-corrected chi connectivity index (χ1v) is 6.09. The van der Waals surface area contributed by atoms with Crippen LogP contribution in [-0.2, 0) is 6.54 Å². The summed E-state index contributed by atoms with van der Waals surface area (Å²) in [6, 6.07) is 5.70. The molecule has 2 N–H and O–H groups in total. The predicted octanol–water partition coefficient (Wildman–Crippen LogP) is 3.10. The maximum atomic E-state index is 9.02. The summed E-state index contributed by atoms with van der Waals surface area (Å²) in [5.41, 5.74) is 0.905. The van der Waals surface area contributed by atoms with Crippen LogP contribution in [0.3, 0.4) is 0 Å². The minimum atomic E-state index is 0.171. The summed E-state index contributed by atoms with van der Waals surface area (Å²) in [6.45, 7) is 4.81. The number of hydrogen-bond donors (Lipinski definition) is 2. The van der Waals surface area contributed by atoms with Gasteiger partial charge in [-0.25, -0.2) is 0 Å². The standard InChI is InChI=1S/C12H17Cl2NO/c1-8(7-16)9(2)15-6-10-11(13)4-3-5-12(10)14/h3-5,8-9,15-16H,6-7H2,1-2H3. The number of halogens is 2. The zero-order chi connectivity index (χ0) is 12.1. The lowest BCUT2D eigenvalue weighted by molar-refractivity contribution is 0.207. The van der Waals surface area contributed by atoms with E-state index in [4.69, 9.17) is 28.3 Å². The summed E-state index contributed by atoms with van der Waals surface area (Å²) < 4.78 is 0. The Morgan fingerprint density at radius 3 is 2.31 bits per heavy atom. The van der Waals surface area contributed by atoms with Crippen LogP contribution in [0.4, 0.5) is 0 Å². The van der Waals surface area contributed by atoms with Crippen molar-refractivity contribution in [1.82, 2.24) is 5.32 Å². The molecule has 0 aliphatic heterocycles. The van der Waals surface area contributed by atoms with Crippen molar-refractivity contribution in [1.29, 1.82) is 0 Å². The first-order chi connectivity index (χ1) is 7.56. The van der Waals surface area contributed by atoms with E-state index in [0.717, 1.165) is 5.56 Å². The monoisotopic (exact) mass is 261 g/mol. The Balaban J connectivity index is 2.61. The molecular weight excluding hydrogens is 245 g/mol. The highest BCUT2D eigenvalue weighted by atomic mass is 35.5. The van der Waals surface area contributed by atoms with E-state index in [2.05, 4.69) is 5.32 Å². The molecule has 2 atom stereocenters. The van der Waals surface area contributed by atoms with Gasteiger partial charge >= 0.3 is 0 Å². The average Bonchev–Trinajstić information content (AvgIpc) is 2.27. The molecule has 1 aromatic carbocycles. The number of rotatable bonds is 5. The highest BCUT2D eigenvalue weighted by Crippen LogP contribution is 2.24. The van der Waals surface area contributed by atoms with E-state index >= 15 is 0 Å². The quantitative estimate of drug-likeness (QED) is 0.854. The van der Waals surface area contributed by atoms with Crippen LogP contribution in [0, 0.1) is 5.92 Å². The molecule has 0 aliphatic carbocycles. The van der Waals surface area contributed by atoms with Crippen LogP contribution in [0.15, 0.2) is 18.2 Å². The second kappa shape index (κ2) is 6.45. The fourth-order valence-electron chi connectivity index (χ4n) is 1.32. The highest BCUT2D eigenvalue weighted by Gasteiger charge is 2.12. The molecule has 0 saturated carbocycles. The molecule has 0 aliphatic rings. The van der Waals surface area contributed by atoms with Crippen molar-refractivity contribution in [2.45, 2.75) is 26.4 Å². The summed E-state index contributed by atoms with van der Waals surface area (Å²) in [4.78, 5) is 0. The van der Waals surface area contributed by atoms with Gasteiger partial charge in [0, 0.05) is 34.8 Å². The molecule has 2 unspecified atom stereocenters. The summed E-state index contributed by atoms with van der Waals surface area (Å²) in [6.07, 6.45) is 0. The molecule has 4 heteroatoms. The van der Waals surface area contributed by atoms with Crippen LogP contribution >= 0.6 is 23.2 Å². The van der Waals surface area contributed by atoms with Crippen molar-refractivity contribution in [2.75, 3.05) is 6.61 Å². The normalized spacial score (nSPS) is 14.8. The van der Waals surface area contributed by atoms with Crippen molar-refractivity contribution in [3.63, 3.8) is 0 Å². The van der Waals surface area contributed by atoms with Crippen molar-refractivity contribution in [3.05, 3.63) is 33.8 Å². The molecule has 1 rings (SSSR count). The number of nitrogens with one attached hydrogen (secondary N) is 1. The van der Waals surface area contributed by atoms with E-state index in [1.54, 1.807) is 0 Å². The second-order valence-electron chi connectivity index (χ2n) is 4.03. The summed E-state index contributed by atoms with van der Waals surface area (Å²) >= 11 is 12.1. The van der Waals surface area contributed by atoms with Crippen molar-refractivity contribution in [2.24, 2.45) is 5.92 Å². The SMILES string of the molecule is CC(CO)C(C)NCc1c(Cl)cccc1Cl. The van der Waals surface area contributed by atoms with Crippen molar-refractivity contribution >= 4 is 23.2 Å². The van der Waals surface area contributed by atoms with Gasteiger partial charge in [-0.1, -0.05) is 36.2 Å². The predicted molar refractivity (Wildman–Crippen MR) is 69.0 cm³/mol. The van der Waals surface area contributed by atoms with Crippen molar-refractivity contribution < 1.29 is 5.11 Å². The number of aliphatic hydroxyl groups excluding tert-OH is 1. The van der Waals surface area contributed by atoms with Crippen LogP contribution in [0.5, 0.6) is 0 Å². The molecule has 0 aromatic heterocycles. The molecule has 0 amide bonds. The molecule has 0 radical (unpaired) electrons. The molecule has 0 saturated heterocycles. The fourth-order valence-corrected chi connectivity index (χ4v) is 1.85. The fraction of sp³-hybridized carbons (Fsp3) is 0.500. The van der Waals surface area contributed by atoms with Gasteiger partial charge in [0.15, 0.2) is 0 Å². The Bertz CT molecular complexity index is 324. The molecule has 90 valence electrons. The number of benzene rings is 1. The third-order valence-corrected chi connectivity index (χ3v) is 3.51. The lowest BCUT2D eigenvalue weighted by Gasteiger charge is -2.20. The largest absolute Gasteiger partial charge is 0.396 e. The van der Waals surface area contributed by atoms with Crippen LogP contribution in [0.25, 0.3) is 0 Å². The average molecular weight is 262 g/mol. The molecule has 0 heterocycles. The van der Waals surface area contributed by atoms with E-state index in [1.807, 2.05) is 32.0 Å². The molecule has 0 fully saturated rings. The third-order valence-electron chi connectivity index (χ3n) is 2.80. The Morgan fingerprint density at radius 2 is 1.81 bits per heavy atom. The second-order valence-corrected chi connectivity index (χ2v) is 4.84. The topological polar surface area (TPSA) is 32.3 Å². The Hall–Kier alpha value is -0.280.